The van der Waals surface area contributed by atoms with E-state index in [0.29, 0.717) is 28.1 Å². The number of hydrogen-bond acceptors (Lipinski definition) is 2. The van der Waals surface area contributed by atoms with Gasteiger partial charge in [-0.25, -0.2) is 0 Å². The predicted molar refractivity (Wildman–Crippen MR) is 245 cm³/mol. The van der Waals surface area contributed by atoms with Crippen molar-refractivity contribution in [3.63, 3.8) is 0 Å². The Hall–Kier alpha value is -7.87. The van der Waals surface area contributed by atoms with Crippen LogP contribution in [-0.4, -0.2) is 9.13 Å². The summed E-state index contributed by atoms with van der Waals surface area (Å²) in [6.07, 6.45) is -4.64. The number of nitrogens with zero attached hydrogens (tertiary/aromatic N) is 4. The lowest BCUT2D eigenvalue weighted by Gasteiger charge is -2.19. The van der Waals surface area contributed by atoms with Crippen LogP contribution in [0.5, 0.6) is 0 Å². The Balaban J connectivity index is 1.35. The van der Waals surface area contributed by atoms with E-state index in [1.165, 1.54) is 6.07 Å². The Morgan fingerprint density at radius 1 is 0.435 bits per heavy atom. The largest absolute Gasteiger partial charge is 0.416 e. The maximum Gasteiger partial charge on any atom is 0.416 e. The molecule has 0 aliphatic rings. The Kier molecular flexibility index (Phi) is 8.91. The molecule has 2 aromatic heterocycles. The molecule has 0 radical (unpaired) electrons. The summed E-state index contributed by atoms with van der Waals surface area (Å²) >= 11 is 0. The number of rotatable bonds is 5. The summed E-state index contributed by atoms with van der Waals surface area (Å²) in [6, 6.07) is 53.2. The van der Waals surface area contributed by atoms with Gasteiger partial charge in [0.15, 0.2) is 0 Å². The second-order valence-corrected chi connectivity index (χ2v) is 16.2. The van der Waals surface area contributed by atoms with Gasteiger partial charge in [-0.2, -0.15) is 23.7 Å². The van der Waals surface area contributed by atoms with E-state index in [9.17, 15) is 23.7 Å². The molecule has 0 amide bonds. The molecule has 10 aromatic rings. The van der Waals surface area contributed by atoms with Crippen LogP contribution in [0.1, 0.15) is 38.9 Å². The Morgan fingerprint density at radius 3 is 1.35 bits per heavy atom. The van der Waals surface area contributed by atoms with E-state index in [1.807, 2.05) is 48.5 Å². The molecular weight excluding hydrogens is 774 g/mol. The summed E-state index contributed by atoms with van der Waals surface area (Å²) in [5, 5.41) is 25.8. The van der Waals surface area contributed by atoms with E-state index in [0.717, 1.165) is 100 Å². The van der Waals surface area contributed by atoms with Gasteiger partial charge in [0.1, 0.15) is 11.6 Å². The summed E-state index contributed by atoms with van der Waals surface area (Å²) in [4.78, 5) is 0. The highest BCUT2D eigenvalue weighted by atomic mass is 19.4. The molecule has 298 valence electrons. The molecule has 0 aliphatic heterocycles. The molecule has 0 spiro atoms. The highest BCUT2D eigenvalue weighted by Gasteiger charge is 2.32. The summed E-state index contributed by atoms with van der Waals surface area (Å²) in [7, 11) is 0. The van der Waals surface area contributed by atoms with Crippen LogP contribution < -0.4 is 0 Å². The fourth-order valence-electron chi connectivity index (χ4n) is 9.37. The molecule has 0 saturated heterocycles. The average molecular weight is 811 g/mol. The highest BCUT2D eigenvalue weighted by Crippen LogP contribution is 2.43. The average Bonchev–Trinajstić information content (AvgIpc) is 3.77. The van der Waals surface area contributed by atoms with Gasteiger partial charge in [0, 0.05) is 21.5 Å². The monoisotopic (exact) mass is 810 g/mol. The van der Waals surface area contributed by atoms with Crippen LogP contribution in [0.4, 0.5) is 13.2 Å². The van der Waals surface area contributed by atoms with Crippen molar-refractivity contribution in [1.29, 1.82) is 10.5 Å². The first-order valence-electron chi connectivity index (χ1n) is 20.4. The lowest BCUT2D eigenvalue weighted by molar-refractivity contribution is -0.137. The minimum atomic E-state index is -4.64. The van der Waals surface area contributed by atoms with Crippen molar-refractivity contribution < 1.29 is 13.2 Å². The van der Waals surface area contributed by atoms with Gasteiger partial charge in [0.2, 0.25) is 0 Å². The van der Waals surface area contributed by atoms with Crippen LogP contribution in [0.3, 0.4) is 0 Å². The van der Waals surface area contributed by atoms with Gasteiger partial charge >= 0.3 is 6.18 Å². The number of benzene rings is 8. The fourth-order valence-corrected chi connectivity index (χ4v) is 9.37. The molecule has 4 nitrogen and oxygen atoms in total. The van der Waals surface area contributed by atoms with Crippen LogP contribution in [-0.2, 0) is 6.18 Å². The van der Waals surface area contributed by atoms with Gasteiger partial charge in [0.25, 0.3) is 0 Å². The summed E-state index contributed by atoms with van der Waals surface area (Å²) in [5.41, 5.74) is 13.4. The van der Waals surface area contributed by atoms with E-state index < -0.39 is 11.7 Å². The van der Waals surface area contributed by atoms with Crippen molar-refractivity contribution in [1.82, 2.24) is 9.13 Å². The highest BCUT2D eigenvalue weighted by molar-refractivity contribution is 6.12. The predicted octanol–water partition coefficient (Wildman–Crippen LogP) is 14.9. The standard InChI is InChI=1S/C55H37F3N4/c1-32-13-18-41(34(3)23-32)36-15-20-46-44-9-5-7-11-49(44)61(51(46)26-36)53-28-38(43-22-17-40(55(56,57)58)25-39(43)30-59)29-54(48(53)31-60)62-50-12-8-6-10-45(50)47-21-16-37(27-52(47)62)42-19-14-33(2)24-35(42)4/h5-29H,1-4H3. The molecule has 8 aromatic carbocycles. The molecule has 7 heteroatoms. The van der Waals surface area contributed by atoms with Crippen molar-refractivity contribution in [3.05, 3.63) is 191 Å². The number of nitriles is 2. The molecule has 0 unspecified atom stereocenters. The lowest BCUT2D eigenvalue weighted by atomic mass is 9.95. The molecule has 0 saturated carbocycles. The number of fused-ring (bicyclic) bond motifs is 6. The van der Waals surface area contributed by atoms with Gasteiger partial charge < -0.3 is 9.13 Å². The Morgan fingerprint density at radius 2 is 0.903 bits per heavy atom. The number of hydrogen-bond donors (Lipinski definition) is 0. The van der Waals surface area contributed by atoms with E-state index in [1.54, 1.807) is 0 Å². The van der Waals surface area contributed by atoms with Crippen LogP contribution in [0.25, 0.3) is 88.4 Å². The summed E-state index contributed by atoms with van der Waals surface area (Å²) < 4.78 is 46.4. The first-order valence-corrected chi connectivity index (χ1v) is 20.4. The molecule has 0 bridgehead atoms. The second kappa shape index (κ2) is 14.4. The first-order chi connectivity index (χ1) is 29.9. The van der Waals surface area contributed by atoms with Crippen molar-refractivity contribution >= 4 is 43.6 Å². The minimum absolute atomic E-state index is 0.125. The van der Waals surface area contributed by atoms with Gasteiger partial charge in [-0.3, -0.25) is 0 Å². The van der Waals surface area contributed by atoms with Crippen molar-refractivity contribution in [2.75, 3.05) is 0 Å². The first kappa shape index (κ1) is 38.3. The van der Waals surface area contributed by atoms with E-state index in [-0.39, 0.29) is 5.56 Å². The zero-order valence-corrected chi connectivity index (χ0v) is 34.4. The fraction of sp³-hybridized carbons (Fsp3) is 0.0909. The number of para-hydroxylation sites is 2. The molecular formula is C55H37F3N4. The summed E-state index contributed by atoms with van der Waals surface area (Å²) in [6.45, 7) is 8.34. The van der Waals surface area contributed by atoms with Crippen LogP contribution in [0, 0.1) is 50.4 Å². The van der Waals surface area contributed by atoms with Crippen LogP contribution >= 0.6 is 0 Å². The van der Waals surface area contributed by atoms with Gasteiger partial charge in [-0.15, -0.1) is 0 Å². The molecule has 0 aliphatic carbocycles. The van der Waals surface area contributed by atoms with E-state index in [2.05, 4.69) is 134 Å². The molecule has 2 heterocycles. The Labute approximate surface area is 356 Å². The number of alkyl halides is 3. The smallest absolute Gasteiger partial charge is 0.308 e. The summed E-state index contributed by atoms with van der Waals surface area (Å²) in [5.74, 6) is 0. The second-order valence-electron chi connectivity index (χ2n) is 16.2. The topological polar surface area (TPSA) is 57.4 Å². The molecule has 0 fully saturated rings. The molecule has 0 N–H and O–H groups in total. The normalized spacial score (nSPS) is 11.8. The van der Waals surface area contributed by atoms with Gasteiger partial charge in [-0.05, 0) is 121 Å². The number of aryl methyl sites for hydroxylation is 4. The third-order valence-electron chi connectivity index (χ3n) is 12.2. The van der Waals surface area contributed by atoms with Gasteiger partial charge in [0.05, 0.1) is 50.6 Å². The van der Waals surface area contributed by atoms with Gasteiger partial charge in [-0.1, -0.05) is 114 Å². The SMILES string of the molecule is Cc1ccc(-c2ccc3c4ccccc4n(-c4cc(-c5ccc(C(F)(F)F)cc5C#N)cc(-n5c6ccccc6c6ccc(-c7ccc(C)cc7C)cc65)c4C#N)c3c2)c(C)c1. The van der Waals surface area contributed by atoms with Crippen LogP contribution in [0.2, 0.25) is 0 Å². The minimum Gasteiger partial charge on any atom is -0.308 e. The van der Waals surface area contributed by atoms with Crippen molar-refractivity contribution in [2.45, 2.75) is 33.9 Å². The maximum atomic E-state index is 14.1. The Bertz CT molecular complexity index is 3400. The van der Waals surface area contributed by atoms with Crippen molar-refractivity contribution in [2.24, 2.45) is 0 Å². The van der Waals surface area contributed by atoms with Crippen molar-refractivity contribution in [3.8, 4) is 56.9 Å². The number of aromatic nitrogens is 2. The molecule has 10 rings (SSSR count). The maximum absolute atomic E-state index is 14.1. The molecule has 62 heavy (non-hydrogen) atoms. The van der Waals surface area contributed by atoms with Crippen LogP contribution in [0.15, 0.2) is 152 Å². The zero-order chi connectivity index (χ0) is 43.0. The lowest BCUT2D eigenvalue weighted by Crippen LogP contribution is -2.07. The zero-order valence-electron chi connectivity index (χ0n) is 34.4. The molecule has 0 atom stereocenters. The third-order valence-corrected chi connectivity index (χ3v) is 12.2. The quantitative estimate of drug-likeness (QED) is 0.174. The number of halogens is 3. The third kappa shape index (κ3) is 6.13. The van der Waals surface area contributed by atoms with E-state index >= 15 is 0 Å². The van der Waals surface area contributed by atoms with E-state index in [4.69, 9.17) is 0 Å².